The summed E-state index contributed by atoms with van der Waals surface area (Å²) < 4.78 is 7.35. The number of benzene rings is 1. The summed E-state index contributed by atoms with van der Waals surface area (Å²) in [6, 6.07) is 12.2. The van der Waals surface area contributed by atoms with Crippen LogP contribution in [0.2, 0.25) is 0 Å². The van der Waals surface area contributed by atoms with Crippen LogP contribution in [-0.2, 0) is 16.1 Å². The van der Waals surface area contributed by atoms with Gasteiger partial charge in [0, 0.05) is 37.5 Å². The third-order valence-corrected chi connectivity index (χ3v) is 7.58. The van der Waals surface area contributed by atoms with Crippen LogP contribution >= 0.6 is 11.3 Å². The maximum atomic E-state index is 13.2. The standard InChI is InChI=1S/C24H28N4O3S/c1-17-20-15-21(32-24(20)28(25-17)16-18-5-3-2-4-6-18)23(30)26-9-7-19(8-10-26)22(29)27-11-13-31-14-12-27/h2-6,15,19H,7-14,16H2,1H3. The van der Waals surface area contributed by atoms with Crippen molar-refractivity contribution in [3.8, 4) is 0 Å². The SMILES string of the molecule is Cc1nn(Cc2ccccc2)c2sc(C(=O)N3CCC(C(=O)N4CCOCC4)CC3)cc12. The normalized spacial score (nSPS) is 17.8. The van der Waals surface area contributed by atoms with Crippen molar-refractivity contribution in [2.45, 2.75) is 26.3 Å². The summed E-state index contributed by atoms with van der Waals surface area (Å²) in [7, 11) is 0. The van der Waals surface area contributed by atoms with Gasteiger partial charge in [-0.15, -0.1) is 11.3 Å². The summed E-state index contributed by atoms with van der Waals surface area (Å²) in [6.45, 7) is 6.54. The number of hydrogen-bond donors (Lipinski definition) is 0. The fraction of sp³-hybridized carbons (Fsp3) is 0.458. The summed E-state index contributed by atoms with van der Waals surface area (Å²) in [4.78, 5) is 31.6. The van der Waals surface area contributed by atoms with Crippen molar-refractivity contribution in [3.05, 3.63) is 52.5 Å². The number of carbonyl (C=O) groups is 2. The van der Waals surface area contributed by atoms with E-state index in [1.54, 1.807) is 0 Å². The van der Waals surface area contributed by atoms with E-state index < -0.39 is 0 Å². The highest BCUT2D eigenvalue weighted by atomic mass is 32.1. The molecule has 7 nitrogen and oxygen atoms in total. The maximum Gasteiger partial charge on any atom is 0.264 e. The molecule has 1 aromatic carbocycles. The number of likely N-dealkylation sites (tertiary alicyclic amines) is 1. The molecular formula is C24H28N4O3S. The lowest BCUT2D eigenvalue weighted by molar-refractivity contribution is -0.141. The Labute approximate surface area is 191 Å². The number of aryl methyl sites for hydroxylation is 1. The van der Waals surface area contributed by atoms with Crippen LogP contribution in [0.4, 0.5) is 0 Å². The van der Waals surface area contributed by atoms with Crippen LogP contribution in [0.5, 0.6) is 0 Å². The molecule has 2 aliphatic heterocycles. The van der Waals surface area contributed by atoms with Crippen LogP contribution in [0.1, 0.15) is 33.8 Å². The van der Waals surface area contributed by atoms with E-state index in [9.17, 15) is 9.59 Å². The fourth-order valence-corrected chi connectivity index (χ4v) is 5.74. The molecule has 2 aliphatic rings. The molecule has 3 aromatic rings. The Morgan fingerprint density at radius 3 is 2.50 bits per heavy atom. The quantitative estimate of drug-likeness (QED) is 0.610. The topological polar surface area (TPSA) is 67.7 Å². The molecule has 0 spiro atoms. The molecule has 0 atom stereocenters. The Morgan fingerprint density at radius 1 is 1.06 bits per heavy atom. The molecule has 2 fully saturated rings. The minimum atomic E-state index is 0.0150. The third kappa shape index (κ3) is 4.17. The molecule has 0 N–H and O–H groups in total. The van der Waals surface area contributed by atoms with Gasteiger partial charge in [0.1, 0.15) is 4.83 Å². The van der Waals surface area contributed by atoms with Crippen molar-refractivity contribution in [1.29, 1.82) is 0 Å². The number of aromatic nitrogens is 2. The molecule has 2 saturated heterocycles. The van der Waals surface area contributed by atoms with Crippen LogP contribution in [0.25, 0.3) is 10.2 Å². The van der Waals surface area contributed by atoms with Crippen molar-refractivity contribution in [2.24, 2.45) is 5.92 Å². The lowest BCUT2D eigenvalue weighted by Gasteiger charge is -2.35. The van der Waals surface area contributed by atoms with E-state index in [0.717, 1.165) is 33.6 Å². The van der Waals surface area contributed by atoms with E-state index in [1.165, 1.54) is 16.9 Å². The molecule has 4 heterocycles. The minimum Gasteiger partial charge on any atom is -0.378 e. The summed E-state index contributed by atoms with van der Waals surface area (Å²) in [6.07, 6.45) is 1.46. The minimum absolute atomic E-state index is 0.0150. The zero-order chi connectivity index (χ0) is 22.1. The number of carbonyl (C=O) groups excluding carboxylic acids is 2. The van der Waals surface area contributed by atoms with Gasteiger partial charge in [0.2, 0.25) is 5.91 Å². The van der Waals surface area contributed by atoms with Gasteiger partial charge in [-0.2, -0.15) is 5.10 Å². The van der Waals surface area contributed by atoms with E-state index >= 15 is 0 Å². The average Bonchev–Trinajstić information content (AvgIpc) is 3.40. The predicted octanol–water partition coefficient (Wildman–Crippen LogP) is 3.17. The summed E-state index contributed by atoms with van der Waals surface area (Å²) in [5.74, 6) is 0.300. The van der Waals surface area contributed by atoms with Gasteiger partial charge in [-0.3, -0.25) is 14.3 Å². The smallest absolute Gasteiger partial charge is 0.264 e. The van der Waals surface area contributed by atoms with Crippen LogP contribution in [0.3, 0.4) is 0 Å². The second-order valence-corrected chi connectivity index (χ2v) is 9.59. The van der Waals surface area contributed by atoms with Crippen LogP contribution in [0, 0.1) is 12.8 Å². The number of thiophene rings is 1. The average molecular weight is 453 g/mol. The van der Waals surface area contributed by atoms with E-state index in [-0.39, 0.29) is 17.7 Å². The molecular weight excluding hydrogens is 424 g/mol. The van der Waals surface area contributed by atoms with Gasteiger partial charge >= 0.3 is 0 Å². The monoisotopic (exact) mass is 452 g/mol. The highest BCUT2D eigenvalue weighted by Gasteiger charge is 2.32. The van der Waals surface area contributed by atoms with Gasteiger partial charge in [-0.05, 0) is 31.4 Å². The molecule has 0 bridgehead atoms. The van der Waals surface area contributed by atoms with Gasteiger partial charge in [0.05, 0.1) is 30.3 Å². The number of amides is 2. The molecule has 2 aromatic heterocycles. The Balaban J connectivity index is 1.26. The molecule has 2 amide bonds. The number of hydrogen-bond acceptors (Lipinski definition) is 5. The van der Waals surface area contributed by atoms with E-state index in [4.69, 9.17) is 4.74 Å². The zero-order valence-corrected chi connectivity index (χ0v) is 19.1. The molecule has 0 aliphatic carbocycles. The molecule has 0 radical (unpaired) electrons. The Kier molecular flexibility index (Phi) is 5.97. The fourth-order valence-electron chi connectivity index (χ4n) is 4.61. The summed E-state index contributed by atoms with van der Waals surface area (Å²) in [5.41, 5.74) is 2.13. The second-order valence-electron chi connectivity index (χ2n) is 8.56. The first kappa shape index (κ1) is 21.2. The van der Waals surface area contributed by atoms with Crippen molar-refractivity contribution in [3.63, 3.8) is 0 Å². The number of nitrogens with zero attached hydrogens (tertiary/aromatic N) is 4. The van der Waals surface area contributed by atoms with E-state index in [1.807, 2.05) is 45.7 Å². The highest BCUT2D eigenvalue weighted by Crippen LogP contribution is 2.31. The van der Waals surface area contributed by atoms with Crippen molar-refractivity contribution in [2.75, 3.05) is 39.4 Å². The second kappa shape index (κ2) is 9.03. The van der Waals surface area contributed by atoms with Gasteiger partial charge < -0.3 is 14.5 Å². The summed E-state index contributed by atoms with van der Waals surface area (Å²) >= 11 is 1.52. The molecule has 5 rings (SSSR count). The number of morpholine rings is 1. The van der Waals surface area contributed by atoms with Crippen LogP contribution < -0.4 is 0 Å². The van der Waals surface area contributed by atoms with Crippen molar-refractivity contribution >= 4 is 33.4 Å². The maximum absolute atomic E-state index is 13.2. The van der Waals surface area contributed by atoms with E-state index in [2.05, 4.69) is 17.2 Å². The molecule has 0 unspecified atom stereocenters. The third-order valence-electron chi connectivity index (χ3n) is 6.45. The van der Waals surface area contributed by atoms with Crippen LogP contribution in [-0.4, -0.2) is 70.8 Å². The van der Waals surface area contributed by atoms with E-state index in [0.29, 0.717) is 45.9 Å². The summed E-state index contributed by atoms with van der Waals surface area (Å²) in [5, 5.41) is 5.73. The molecule has 0 saturated carbocycles. The highest BCUT2D eigenvalue weighted by molar-refractivity contribution is 7.20. The largest absolute Gasteiger partial charge is 0.378 e. The number of ether oxygens (including phenoxy) is 1. The van der Waals surface area contributed by atoms with Gasteiger partial charge in [-0.25, -0.2) is 0 Å². The number of fused-ring (bicyclic) bond motifs is 1. The molecule has 8 heteroatoms. The number of piperidine rings is 1. The molecule has 168 valence electrons. The Morgan fingerprint density at radius 2 is 1.78 bits per heavy atom. The lowest BCUT2D eigenvalue weighted by Crippen LogP contribution is -2.47. The predicted molar refractivity (Wildman–Crippen MR) is 124 cm³/mol. The lowest BCUT2D eigenvalue weighted by atomic mass is 9.95. The Hall–Kier alpha value is -2.71. The van der Waals surface area contributed by atoms with Crippen molar-refractivity contribution < 1.29 is 14.3 Å². The first-order valence-electron chi connectivity index (χ1n) is 11.3. The Bertz CT molecular complexity index is 1110. The van der Waals surface area contributed by atoms with Crippen LogP contribution in [0.15, 0.2) is 36.4 Å². The van der Waals surface area contributed by atoms with Gasteiger partial charge in [0.15, 0.2) is 0 Å². The van der Waals surface area contributed by atoms with Gasteiger partial charge in [0.25, 0.3) is 5.91 Å². The zero-order valence-electron chi connectivity index (χ0n) is 18.3. The van der Waals surface area contributed by atoms with Gasteiger partial charge in [-0.1, -0.05) is 30.3 Å². The number of rotatable bonds is 4. The first-order valence-corrected chi connectivity index (χ1v) is 12.1. The first-order chi connectivity index (χ1) is 15.6. The van der Waals surface area contributed by atoms with Crippen molar-refractivity contribution in [1.82, 2.24) is 19.6 Å². The molecule has 32 heavy (non-hydrogen) atoms.